The smallest absolute Gasteiger partial charge is 0.337 e. The summed E-state index contributed by atoms with van der Waals surface area (Å²) in [6, 6.07) is 11.7. The molecule has 6 heteroatoms. The first-order chi connectivity index (χ1) is 10.5. The first kappa shape index (κ1) is 16.3. The molecule has 0 spiro atoms. The molecule has 2 N–H and O–H groups in total. The lowest BCUT2D eigenvalue weighted by Gasteiger charge is -2.06. The van der Waals surface area contributed by atoms with Gasteiger partial charge in [0.1, 0.15) is 0 Å². The van der Waals surface area contributed by atoms with E-state index in [-0.39, 0.29) is 11.3 Å². The second-order valence-corrected chi connectivity index (χ2v) is 5.72. The van der Waals surface area contributed by atoms with Crippen LogP contribution in [-0.4, -0.2) is 17.0 Å². The van der Waals surface area contributed by atoms with Gasteiger partial charge in [-0.1, -0.05) is 39.7 Å². The average molecular weight is 381 g/mol. The van der Waals surface area contributed by atoms with Gasteiger partial charge >= 0.3 is 5.97 Å². The van der Waals surface area contributed by atoms with Crippen LogP contribution in [0.25, 0.3) is 6.08 Å². The zero-order valence-corrected chi connectivity index (χ0v) is 13.6. The quantitative estimate of drug-likeness (QED) is 0.770. The largest absolute Gasteiger partial charge is 0.478 e. The minimum atomic E-state index is -1.16. The maximum atomic E-state index is 11.9. The summed E-state index contributed by atoms with van der Waals surface area (Å²) < 4.78 is 0.904. The number of carbonyl (C=O) groups excluding carboxylic acids is 1. The Morgan fingerprint density at radius 1 is 1.18 bits per heavy atom. The Hall–Kier alpha value is -2.11. The number of carbonyl (C=O) groups is 2. The SMILES string of the molecule is O=C(C=Cc1cccc(Br)c1)Nc1ccc(Cl)cc1C(=O)O. The van der Waals surface area contributed by atoms with Gasteiger partial charge in [-0.15, -0.1) is 0 Å². The van der Waals surface area contributed by atoms with E-state index in [2.05, 4.69) is 21.2 Å². The molecular formula is C16H11BrClNO3. The second-order valence-electron chi connectivity index (χ2n) is 4.37. The Kier molecular flexibility index (Phi) is 5.35. The van der Waals surface area contributed by atoms with E-state index < -0.39 is 11.9 Å². The molecule has 112 valence electrons. The van der Waals surface area contributed by atoms with Crippen LogP contribution in [0.3, 0.4) is 0 Å². The fourth-order valence-corrected chi connectivity index (χ4v) is 2.35. The van der Waals surface area contributed by atoms with E-state index in [4.69, 9.17) is 16.7 Å². The highest BCUT2D eigenvalue weighted by atomic mass is 79.9. The van der Waals surface area contributed by atoms with Crippen LogP contribution in [0, 0.1) is 0 Å². The van der Waals surface area contributed by atoms with Crippen molar-refractivity contribution in [2.75, 3.05) is 5.32 Å². The molecule has 4 nitrogen and oxygen atoms in total. The number of nitrogens with one attached hydrogen (secondary N) is 1. The number of hydrogen-bond acceptors (Lipinski definition) is 2. The van der Waals surface area contributed by atoms with E-state index in [0.29, 0.717) is 5.02 Å². The highest BCUT2D eigenvalue weighted by Crippen LogP contribution is 2.21. The minimum absolute atomic E-state index is 0.0586. The molecule has 0 saturated heterocycles. The number of hydrogen-bond donors (Lipinski definition) is 2. The van der Waals surface area contributed by atoms with Crippen LogP contribution >= 0.6 is 27.5 Å². The second kappa shape index (κ2) is 7.24. The van der Waals surface area contributed by atoms with Crippen molar-refractivity contribution in [2.45, 2.75) is 0 Å². The molecule has 0 unspecified atom stereocenters. The molecule has 0 bridgehead atoms. The molecule has 1 amide bonds. The topological polar surface area (TPSA) is 66.4 Å². The summed E-state index contributed by atoms with van der Waals surface area (Å²) in [7, 11) is 0. The average Bonchev–Trinajstić information content (AvgIpc) is 2.47. The molecule has 22 heavy (non-hydrogen) atoms. The fourth-order valence-electron chi connectivity index (χ4n) is 1.76. The van der Waals surface area contributed by atoms with Crippen LogP contribution in [0.15, 0.2) is 53.0 Å². The molecule has 0 aliphatic heterocycles. The summed E-state index contributed by atoms with van der Waals surface area (Å²) in [6.45, 7) is 0. The van der Waals surface area contributed by atoms with Gasteiger partial charge in [0, 0.05) is 15.6 Å². The normalized spacial score (nSPS) is 10.6. The van der Waals surface area contributed by atoms with Crippen LogP contribution in [0.5, 0.6) is 0 Å². The van der Waals surface area contributed by atoms with Crippen LogP contribution < -0.4 is 5.32 Å². The van der Waals surface area contributed by atoms with Gasteiger partial charge in [-0.05, 0) is 42.0 Å². The highest BCUT2D eigenvalue weighted by molar-refractivity contribution is 9.10. The van der Waals surface area contributed by atoms with Crippen molar-refractivity contribution in [3.05, 3.63) is 69.2 Å². The van der Waals surface area contributed by atoms with Gasteiger partial charge in [0.2, 0.25) is 5.91 Å². The van der Waals surface area contributed by atoms with Gasteiger partial charge < -0.3 is 10.4 Å². The maximum absolute atomic E-state index is 11.9. The lowest BCUT2D eigenvalue weighted by Crippen LogP contribution is -2.12. The molecule has 0 aromatic heterocycles. The van der Waals surface area contributed by atoms with E-state index >= 15 is 0 Å². The first-order valence-electron chi connectivity index (χ1n) is 6.23. The van der Waals surface area contributed by atoms with Crippen molar-refractivity contribution in [3.63, 3.8) is 0 Å². The number of rotatable bonds is 4. The van der Waals surface area contributed by atoms with Gasteiger partial charge in [0.15, 0.2) is 0 Å². The Morgan fingerprint density at radius 3 is 2.64 bits per heavy atom. The number of anilines is 1. The number of carboxylic acid groups (broad SMARTS) is 1. The molecule has 0 atom stereocenters. The Bertz CT molecular complexity index is 759. The third-order valence-corrected chi connectivity index (χ3v) is 3.47. The first-order valence-corrected chi connectivity index (χ1v) is 7.40. The third kappa shape index (κ3) is 4.44. The molecule has 0 aliphatic rings. The summed E-state index contributed by atoms with van der Waals surface area (Å²) in [5.41, 5.74) is 0.983. The number of halogens is 2. The van der Waals surface area contributed by atoms with Crippen LogP contribution in [0.4, 0.5) is 5.69 Å². The molecular weight excluding hydrogens is 370 g/mol. The number of benzene rings is 2. The highest BCUT2D eigenvalue weighted by Gasteiger charge is 2.12. The Morgan fingerprint density at radius 2 is 1.95 bits per heavy atom. The zero-order chi connectivity index (χ0) is 16.1. The van der Waals surface area contributed by atoms with Gasteiger partial charge in [0.25, 0.3) is 0 Å². The maximum Gasteiger partial charge on any atom is 0.337 e. The van der Waals surface area contributed by atoms with E-state index in [0.717, 1.165) is 10.0 Å². The molecule has 0 aliphatic carbocycles. The summed E-state index contributed by atoms with van der Waals surface area (Å²) in [6.07, 6.45) is 2.97. The lowest BCUT2D eigenvalue weighted by atomic mass is 10.1. The summed E-state index contributed by atoms with van der Waals surface area (Å²) in [5.74, 6) is -1.58. The van der Waals surface area contributed by atoms with Crippen molar-refractivity contribution in [2.24, 2.45) is 0 Å². The standard InChI is InChI=1S/C16H11BrClNO3/c17-11-3-1-2-10(8-11)4-7-15(20)19-14-6-5-12(18)9-13(14)16(21)22/h1-9H,(H,19,20)(H,21,22). The van der Waals surface area contributed by atoms with E-state index in [1.165, 1.54) is 24.3 Å². The molecule has 0 saturated carbocycles. The van der Waals surface area contributed by atoms with Gasteiger partial charge in [0.05, 0.1) is 11.3 Å². The summed E-state index contributed by atoms with van der Waals surface area (Å²) in [4.78, 5) is 23.0. The molecule has 0 fully saturated rings. The van der Waals surface area contributed by atoms with E-state index in [9.17, 15) is 9.59 Å². The predicted octanol–water partition coefficient (Wildman–Crippen LogP) is 4.45. The molecule has 0 radical (unpaired) electrons. The molecule has 2 aromatic rings. The van der Waals surface area contributed by atoms with Crippen LogP contribution in [0.1, 0.15) is 15.9 Å². The fraction of sp³-hybridized carbons (Fsp3) is 0. The van der Waals surface area contributed by atoms with Crippen molar-refractivity contribution in [3.8, 4) is 0 Å². The predicted molar refractivity (Wildman–Crippen MR) is 90.2 cm³/mol. The van der Waals surface area contributed by atoms with Gasteiger partial charge in [-0.3, -0.25) is 4.79 Å². The van der Waals surface area contributed by atoms with Gasteiger partial charge in [-0.25, -0.2) is 4.79 Å². The third-order valence-electron chi connectivity index (χ3n) is 2.75. The van der Waals surface area contributed by atoms with Gasteiger partial charge in [-0.2, -0.15) is 0 Å². The van der Waals surface area contributed by atoms with Crippen LogP contribution in [-0.2, 0) is 4.79 Å². The Balaban J connectivity index is 2.14. The van der Waals surface area contributed by atoms with Crippen molar-refractivity contribution in [1.29, 1.82) is 0 Å². The number of carboxylic acids is 1. The van der Waals surface area contributed by atoms with Crippen molar-refractivity contribution in [1.82, 2.24) is 0 Å². The van der Waals surface area contributed by atoms with Crippen molar-refractivity contribution < 1.29 is 14.7 Å². The van der Waals surface area contributed by atoms with E-state index in [1.807, 2.05) is 24.3 Å². The molecule has 2 aromatic carbocycles. The Labute approximate surface area is 140 Å². The zero-order valence-electron chi connectivity index (χ0n) is 11.2. The number of aromatic carboxylic acids is 1. The number of amides is 1. The summed E-state index contributed by atoms with van der Waals surface area (Å²) in [5, 5.41) is 11.9. The molecule has 2 rings (SSSR count). The monoisotopic (exact) mass is 379 g/mol. The summed E-state index contributed by atoms with van der Waals surface area (Å²) >= 11 is 9.10. The van der Waals surface area contributed by atoms with E-state index in [1.54, 1.807) is 6.08 Å². The van der Waals surface area contributed by atoms with Crippen molar-refractivity contribution >= 4 is 51.2 Å². The molecule has 0 heterocycles. The van der Waals surface area contributed by atoms with Crippen LogP contribution in [0.2, 0.25) is 5.02 Å². The lowest BCUT2D eigenvalue weighted by molar-refractivity contribution is -0.111. The minimum Gasteiger partial charge on any atom is -0.478 e.